The highest BCUT2D eigenvalue weighted by atomic mass is 32.2. The normalized spacial score (nSPS) is 21.5. The number of rotatable bonds is 1. The predicted octanol–water partition coefficient (Wildman–Crippen LogP) is 2.29. The van der Waals surface area contributed by atoms with E-state index in [1.807, 2.05) is 30.3 Å². The number of para-hydroxylation sites is 1. The molecule has 3 rings (SSSR count). The van der Waals surface area contributed by atoms with Gasteiger partial charge in [-0.1, -0.05) is 18.2 Å². The zero-order valence-electron chi connectivity index (χ0n) is 9.05. The van der Waals surface area contributed by atoms with Gasteiger partial charge < -0.3 is 10.5 Å². The van der Waals surface area contributed by atoms with Crippen molar-refractivity contribution in [1.29, 1.82) is 0 Å². The van der Waals surface area contributed by atoms with E-state index in [1.54, 1.807) is 6.26 Å². The monoisotopic (exact) mass is 245 g/mol. The third kappa shape index (κ3) is 1.74. The molecule has 0 saturated carbocycles. The summed E-state index contributed by atoms with van der Waals surface area (Å²) in [5.74, 6) is 0.571. The quantitative estimate of drug-likeness (QED) is 0.826. The van der Waals surface area contributed by atoms with Crippen molar-refractivity contribution >= 4 is 22.6 Å². The summed E-state index contributed by atoms with van der Waals surface area (Å²) in [7, 11) is 0. The van der Waals surface area contributed by atoms with E-state index in [-0.39, 0.29) is 11.2 Å². The summed E-state index contributed by atoms with van der Waals surface area (Å²) in [6, 6.07) is 7.83. The van der Waals surface area contributed by atoms with E-state index in [0.717, 1.165) is 21.8 Å². The highest BCUT2D eigenvalue weighted by Gasteiger charge is 2.30. The molecule has 1 amide bonds. The number of hydrogen-bond acceptors (Lipinski definition) is 3. The number of amides is 1. The van der Waals surface area contributed by atoms with E-state index >= 15 is 0 Å². The van der Waals surface area contributed by atoms with Crippen molar-refractivity contribution in [3.8, 4) is 5.75 Å². The summed E-state index contributed by atoms with van der Waals surface area (Å²) >= 11 is 1.53. The van der Waals surface area contributed by atoms with Gasteiger partial charge in [0.05, 0.1) is 11.5 Å². The minimum atomic E-state index is -0.255. The molecule has 2 N–H and O–H groups in total. The lowest BCUT2D eigenvalue weighted by atomic mass is 10.1. The van der Waals surface area contributed by atoms with E-state index in [4.69, 9.17) is 10.5 Å². The van der Waals surface area contributed by atoms with Gasteiger partial charge in [0.15, 0.2) is 0 Å². The van der Waals surface area contributed by atoms with Gasteiger partial charge in [0.1, 0.15) is 5.75 Å². The third-order valence-corrected chi connectivity index (χ3v) is 4.27. The summed E-state index contributed by atoms with van der Waals surface area (Å²) in [6.45, 7) is 0. The fourth-order valence-corrected chi connectivity index (χ4v) is 3.30. The molecular weight excluding hydrogens is 234 g/mol. The Bertz CT molecular complexity index is 548. The van der Waals surface area contributed by atoms with Gasteiger partial charge in [-0.15, -0.1) is 11.8 Å². The van der Waals surface area contributed by atoms with Gasteiger partial charge in [0, 0.05) is 10.5 Å². The van der Waals surface area contributed by atoms with Crippen LogP contribution < -0.4 is 10.5 Å². The third-order valence-electron chi connectivity index (χ3n) is 2.87. The number of thioether (sulfide) groups is 1. The number of nitrogens with two attached hydrogens (primary N) is 1. The van der Waals surface area contributed by atoms with Crippen molar-refractivity contribution < 1.29 is 9.53 Å². The lowest BCUT2D eigenvalue weighted by Gasteiger charge is -2.09. The molecule has 0 bridgehead atoms. The van der Waals surface area contributed by atoms with Crippen molar-refractivity contribution in [1.82, 2.24) is 0 Å². The second kappa shape index (κ2) is 3.96. The van der Waals surface area contributed by atoms with Gasteiger partial charge >= 0.3 is 0 Å². The molecular formula is C13H11NO2S. The average Bonchev–Trinajstić information content (AvgIpc) is 2.67. The molecule has 2 heterocycles. The number of carbonyl (C=O) groups excluding carboxylic acids is 1. The molecule has 2 aliphatic heterocycles. The molecule has 1 aromatic carbocycles. The lowest BCUT2D eigenvalue weighted by molar-refractivity contribution is -0.117. The summed E-state index contributed by atoms with van der Waals surface area (Å²) in [5, 5.41) is -0.157. The first kappa shape index (κ1) is 10.5. The van der Waals surface area contributed by atoms with Crippen molar-refractivity contribution in [3.05, 3.63) is 47.7 Å². The highest BCUT2D eigenvalue weighted by molar-refractivity contribution is 8.09. The number of carbonyl (C=O) groups is 1. The van der Waals surface area contributed by atoms with Crippen molar-refractivity contribution in [2.24, 2.45) is 5.73 Å². The van der Waals surface area contributed by atoms with Crippen molar-refractivity contribution in [3.63, 3.8) is 0 Å². The molecule has 0 saturated heterocycles. The summed E-state index contributed by atoms with van der Waals surface area (Å²) < 4.78 is 5.53. The van der Waals surface area contributed by atoms with E-state index in [1.165, 1.54) is 11.8 Å². The zero-order valence-corrected chi connectivity index (χ0v) is 9.87. The van der Waals surface area contributed by atoms with Gasteiger partial charge in [0.2, 0.25) is 5.91 Å². The Morgan fingerprint density at radius 1 is 1.41 bits per heavy atom. The van der Waals surface area contributed by atoms with Crippen LogP contribution in [0.25, 0.3) is 4.91 Å². The van der Waals surface area contributed by atoms with E-state index in [9.17, 15) is 4.79 Å². The van der Waals surface area contributed by atoms with Crippen LogP contribution in [0.3, 0.4) is 0 Å². The first-order chi connectivity index (χ1) is 8.25. The summed E-state index contributed by atoms with van der Waals surface area (Å²) in [6.07, 6.45) is 4.28. The van der Waals surface area contributed by atoms with Gasteiger partial charge in [0.25, 0.3) is 0 Å². The number of fused-ring (bicyclic) bond motifs is 2. The average molecular weight is 245 g/mol. The highest BCUT2D eigenvalue weighted by Crippen LogP contribution is 2.48. The lowest BCUT2D eigenvalue weighted by Crippen LogP contribution is -2.23. The molecule has 0 spiro atoms. The minimum Gasteiger partial charge on any atom is -0.464 e. The maximum absolute atomic E-state index is 11.3. The van der Waals surface area contributed by atoms with Crippen LogP contribution in [0.15, 0.2) is 42.2 Å². The van der Waals surface area contributed by atoms with Gasteiger partial charge in [-0.25, -0.2) is 0 Å². The molecule has 86 valence electrons. The van der Waals surface area contributed by atoms with E-state index in [0.29, 0.717) is 6.42 Å². The first-order valence-electron chi connectivity index (χ1n) is 5.37. The topological polar surface area (TPSA) is 52.3 Å². The van der Waals surface area contributed by atoms with E-state index in [2.05, 4.69) is 0 Å². The summed E-state index contributed by atoms with van der Waals surface area (Å²) in [4.78, 5) is 12.4. The van der Waals surface area contributed by atoms with Crippen molar-refractivity contribution in [2.45, 2.75) is 11.7 Å². The maximum atomic E-state index is 11.3. The van der Waals surface area contributed by atoms with Crippen LogP contribution in [-0.4, -0.2) is 11.2 Å². The molecule has 1 unspecified atom stereocenters. The largest absolute Gasteiger partial charge is 0.464 e. The van der Waals surface area contributed by atoms with Crippen molar-refractivity contribution in [2.75, 3.05) is 0 Å². The molecule has 0 radical (unpaired) electrons. The molecule has 0 fully saturated rings. The van der Waals surface area contributed by atoms with Gasteiger partial charge in [-0.3, -0.25) is 4.79 Å². The standard InChI is InChI=1S/C13H11NO2S/c14-13(15)11-7-8-5-6-16-10-4-2-1-3-9(10)12(8)17-11/h1-6,11H,7H2,(H2,14,15). The number of ether oxygens (including phenoxy) is 1. The molecule has 3 nitrogen and oxygen atoms in total. The fourth-order valence-electron chi connectivity index (χ4n) is 2.04. The number of allylic oxidation sites excluding steroid dienone is 2. The smallest absolute Gasteiger partial charge is 0.231 e. The van der Waals surface area contributed by atoms with Crippen LogP contribution in [0.5, 0.6) is 5.75 Å². The molecule has 1 aromatic rings. The minimum absolute atomic E-state index is 0.157. The number of primary amides is 1. The van der Waals surface area contributed by atoms with Crippen LogP contribution in [0.2, 0.25) is 0 Å². The maximum Gasteiger partial charge on any atom is 0.231 e. The van der Waals surface area contributed by atoms with Gasteiger partial charge in [-0.2, -0.15) is 0 Å². The Kier molecular flexibility index (Phi) is 2.44. The van der Waals surface area contributed by atoms with Gasteiger partial charge in [-0.05, 0) is 24.1 Å². The molecule has 2 aliphatic rings. The fraction of sp³-hybridized carbons (Fsp3) is 0.154. The van der Waals surface area contributed by atoms with Crippen LogP contribution >= 0.6 is 11.8 Å². The number of benzene rings is 1. The van der Waals surface area contributed by atoms with Crippen LogP contribution in [0.1, 0.15) is 12.0 Å². The molecule has 17 heavy (non-hydrogen) atoms. The Labute approximate surface area is 103 Å². The SMILES string of the molecule is NC(=O)C1CC2=C(S1)c1ccccc1OC=C2. The van der Waals surface area contributed by atoms with Crippen LogP contribution in [-0.2, 0) is 4.79 Å². The molecule has 4 heteroatoms. The van der Waals surface area contributed by atoms with Crippen LogP contribution in [0, 0.1) is 0 Å². The second-order valence-corrected chi connectivity index (χ2v) is 5.20. The Balaban J connectivity index is 2.06. The Morgan fingerprint density at radius 3 is 3.06 bits per heavy atom. The Morgan fingerprint density at radius 2 is 2.24 bits per heavy atom. The predicted molar refractivity (Wildman–Crippen MR) is 68.3 cm³/mol. The molecule has 0 aromatic heterocycles. The van der Waals surface area contributed by atoms with E-state index < -0.39 is 0 Å². The number of hydrogen-bond donors (Lipinski definition) is 1. The Hall–Kier alpha value is -1.68. The summed E-state index contributed by atoms with van der Waals surface area (Å²) in [5.41, 5.74) is 7.54. The van der Waals surface area contributed by atoms with Crippen LogP contribution in [0.4, 0.5) is 0 Å². The first-order valence-corrected chi connectivity index (χ1v) is 6.25. The molecule has 0 aliphatic carbocycles. The second-order valence-electron chi connectivity index (χ2n) is 3.98. The molecule has 1 atom stereocenters. The zero-order chi connectivity index (χ0) is 11.8.